The summed E-state index contributed by atoms with van der Waals surface area (Å²) in [4.78, 5) is 21.2. The third-order valence-electron chi connectivity index (χ3n) is 4.20. The smallest absolute Gasteiger partial charge is 0.317 e. The van der Waals surface area contributed by atoms with Crippen molar-refractivity contribution in [1.82, 2.24) is 19.6 Å². The van der Waals surface area contributed by atoms with Crippen LogP contribution >= 0.6 is 11.5 Å². The first kappa shape index (κ1) is 18.6. The molecule has 3 rings (SSSR count). The summed E-state index contributed by atoms with van der Waals surface area (Å²) in [5, 5.41) is 4.00. The van der Waals surface area contributed by atoms with Gasteiger partial charge in [0.15, 0.2) is 0 Å². The van der Waals surface area contributed by atoms with Gasteiger partial charge in [-0.05, 0) is 32.8 Å². The zero-order chi connectivity index (χ0) is 18.6. The predicted octanol–water partition coefficient (Wildman–Crippen LogP) is 3.15. The molecule has 7 heteroatoms. The van der Waals surface area contributed by atoms with E-state index in [9.17, 15) is 4.79 Å². The lowest BCUT2D eigenvalue weighted by molar-refractivity contribution is 0.192. The average Bonchev–Trinajstić information content (AvgIpc) is 2.89. The van der Waals surface area contributed by atoms with Gasteiger partial charge in [-0.25, -0.2) is 9.78 Å². The Bertz CT molecular complexity index is 725. The summed E-state index contributed by atoms with van der Waals surface area (Å²) in [6, 6.07) is 10.3. The molecule has 140 valence electrons. The fourth-order valence-corrected chi connectivity index (χ4v) is 3.67. The molecule has 1 N–H and O–H groups in total. The normalized spacial score (nSPS) is 15.7. The van der Waals surface area contributed by atoms with Gasteiger partial charge in [0.2, 0.25) is 5.13 Å². The number of anilines is 1. The summed E-state index contributed by atoms with van der Waals surface area (Å²) in [5.41, 5.74) is 1.01. The Balaban J connectivity index is 1.58. The Morgan fingerprint density at radius 3 is 2.65 bits per heavy atom. The molecule has 1 aliphatic rings. The Hall–Kier alpha value is -2.15. The molecular weight excluding hydrogens is 346 g/mol. The fourth-order valence-electron chi connectivity index (χ4n) is 2.94. The number of amides is 2. The van der Waals surface area contributed by atoms with Crippen LogP contribution < -0.4 is 10.2 Å². The summed E-state index contributed by atoms with van der Waals surface area (Å²) in [7, 11) is 0. The van der Waals surface area contributed by atoms with Gasteiger partial charge in [-0.15, -0.1) is 0 Å². The topological polar surface area (TPSA) is 61.4 Å². The number of carbonyl (C=O) groups excluding carboxylic acids is 1. The molecular formula is C19H27N5OS. The summed E-state index contributed by atoms with van der Waals surface area (Å²) in [6.45, 7) is 9.18. The van der Waals surface area contributed by atoms with Crippen LogP contribution in [0.5, 0.6) is 0 Å². The quantitative estimate of drug-likeness (QED) is 0.898. The second-order valence-electron chi connectivity index (χ2n) is 7.66. The van der Waals surface area contributed by atoms with Gasteiger partial charge in [0.25, 0.3) is 0 Å². The van der Waals surface area contributed by atoms with Crippen molar-refractivity contribution in [3.8, 4) is 0 Å². The SMILES string of the molecule is CC(C)(C)NC(=O)N1CCCN(c2nc(Cc3ccccc3)ns2)CC1. The van der Waals surface area contributed by atoms with Crippen LogP contribution in [0.2, 0.25) is 0 Å². The highest BCUT2D eigenvalue weighted by Crippen LogP contribution is 2.20. The Morgan fingerprint density at radius 1 is 1.15 bits per heavy atom. The molecule has 1 aromatic carbocycles. The first-order chi connectivity index (χ1) is 12.4. The van der Waals surface area contributed by atoms with E-state index >= 15 is 0 Å². The number of nitrogens with zero attached hydrogens (tertiary/aromatic N) is 4. The number of urea groups is 1. The van der Waals surface area contributed by atoms with Crippen molar-refractivity contribution >= 4 is 22.7 Å². The predicted molar refractivity (Wildman–Crippen MR) is 106 cm³/mol. The molecule has 0 radical (unpaired) electrons. The molecule has 6 nitrogen and oxygen atoms in total. The van der Waals surface area contributed by atoms with E-state index in [1.54, 1.807) is 0 Å². The molecule has 2 heterocycles. The van der Waals surface area contributed by atoms with Crippen molar-refractivity contribution in [3.05, 3.63) is 41.7 Å². The van der Waals surface area contributed by atoms with E-state index in [2.05, 4.69) is 26.7 Å². The lowest BCUT2D eigenvalue weighted by Crippen LogP contribution is -2.49. The minimum absolute atomic E-state index is 0.0152. The Kier molecular flexibility index (Phi) is 5.76. The maximum Gasteiger partial charge on any atom is 0.317 e. The van der Waals surface area contributed by atoms with E-state index in [-0.39, 0.29) is 11.6 Å². The molecule has 0 unspecified atom stereocenters. The van der Waals surface area contributed by atoms with E-state index in [1.807, 2.05) is 43.9 Å². The molecule has 1 fully saturated rings. The monoisotopic (exact) mass is 373 g/mol. The van der Waals surface area contributed by atoms with Crippen LogP contribution in [0.25, 0.3) is 0 Å². The third-order valence-corrected chi connectivity index (χ3v) is 5.01. The van der Waals surface area contributed by atoms with Crippen LogP contribution in [-0.2, 0) is 6.42 Å². The van der Waals surface area contributed by atoms with Gasteiger partial charge >= 0.3 is 6.03 Å². The highest BCUT2D eigenvalue weighted by molar-refractivity contribution is 7.09. The number of rotatable bonds is 3. The van der Waals surface area contributed by atoms with E-state index in [4.69, 9.17) is 4.98 Å². The highest BCUT2D eigenvalue weighted by atomic mass is 32.1. The van der Waals surface area contributed by atoms with Crippen molar-refractivity contribution in [2.45, 2.75) is 39.2 Å². The van der Waals surface area contributed by atoms with E-state index in [1.165, 1.54) is 17.1 Å². The van der Waals surface area contributed by atoms with Gasteiger partial charge in [0, 0.05) is 49.7 Å². The van der Waals surface area contributed by atoms with Gasteiger partial charge in [-0.2, -0.15) is 4.37 Å². The van der Waals surface area contributed by atoms with E-state index in [0.717, 1.165) is 43.4 Å². The van der Waals surface area contributed by atoms with Crippen molar-refractivity contribution in [3.63, 3.8) is 0 Å². The van der Waals surface area contributed by atoms with Crippen molar-refractivity contribution in [1.29, 1.82) is 0 Å². The summed E-state index contributed by atoms with van der Waals surface area (Å²) < 4.78 is 4.52. The first-order valence-electron chi connectivity index (χ1n) is 9.09. The zero-order valence-corrected chi connectivity index (χ0v) is 16.6. The van der Waals surface area contributed by atoms with Gasteiger partial charge in [-0.3, -0.25) is 0 Å². The van der Waals surface area contributed by atoms with Crippen molar-refractivity contribution in [2.75, 3.05) is 31.1 Å². The van der Waals surface area contributed by atoms with Gasteiger partial charge in [0.05, 0.1) is 0 Å². The van der Waals surface area contributed by atoms with Crippen LogP contribution in [0.1, 0.15) is 38.6 Å². The summed E-state index contributed by atoms with van der Waals surface area (Å²) in [5.74, 6) is 0.864. The van der Waals surface area contributed by atoms with Gasteiger partial charge in [0.1, 0.15) is 5.82 Å². The minimum atomic E-state index is -0.214. The zero-order valence-electron chi connectivity index (χ0n) is 15.7. The second kappa shape index (κ2) is 8.03. The molecule has 0 spiro atoms. The maximum atomic E-state index is 12.4. The highest BCUT2D eigenvalue weighted by Gasteiger charge is 2.23. The number of nitrogens with one attached hydrogen (secondary N) is 1. The molecule has 26 heavy (non-hydrogen) atoms. The molecule has 0 atom stereocenters. The molecule has 1 aromatic heterocycles. The van der Waals surface area contributed by atoms with E-state index < -0.39 is 0 Å². The van der Waals surface area contributed by atoms with Gasteiger partial charge in [-0.1, -0.05) is 30.3 Å². The van der Waals surface area contributed by atoms with Crippen molar-refractivity contribution < 1.29 is 4.79 Å². The Morgan fingerprint density at radius 2 is 1.92 bits per heavy atom. The molecule has 2 aromatic rings. The lowest BCUT2D eigenvalue weighted by Gasteiger charge is -2.27. The summed E-state index contributed by atoms with van der Waals surface area (Å²) in [6.07, 6.45) is 1.69. The summed E-state index contributed by atoms with van der Waals surface area (Å²) >= 11 is 1.45. The number of aromatic nitrogens is 2. The minimum Gasteiger partial charge on any atom is -0.345 e. The Labute approximate surface area is 159 Å². The van der Waals surface area contributed by atoms with Crippen LogP contribution in [0, 0.1) is 0 Å². The van der Waals surface area contributed by atoms with Crippen molar-refractivity contribution in [2.24, 2.45) is 0 Å². The lowest BCUT2D eigenvalue weighted by atomic mass is 10.1. The molecule has 2 amide bonds. The molecule has 0 aliphatic carbocycles. The number of hydrogen-bond donors (Lipinski definition) is 1. The second-order valence-corrected chi connectivity index (χ2v) is 8.39. The van der Waals surface area contributed by atoms with Crippen LogP contribution in [0.15, 0.2) is 30.3 Å². The maximum absolute atomic E-state index is 12.4. The number of carbonyl (C=O) groups is 1. The largest absolute Gasteiger partial charge is 0.345 e. The van der Waals surface area contributed by atoms with Crippen LogP contribution in [-0.4, -0.2) is 52.0 Å². The first-order valence-corrected chi connectivity index (χ1v) is 9.86. The third kappa shape index (κ3) is 5.17. The molecule has 0 bridgehead atoms. The van der Waals surface area contributed by atoms with E-state index in [0.29, 0.717) is 6.54 Å². The average molecular weight is 374 g/mol. The standard InChI is InChI=1S/C19H27N5OS/c1-19(2,3)21-17(25)23-10-7-11-24(13-12-23)18-20-16(22-26-18)14-15-8-5-4-6-9-15/h4-6,8-9H,7,10-14H2,1-3H3,(H,21,25). The number of benzene rings is 1. The van der Waals surface area contributed by atoms with Gasteiger partial charge < -0.3 is 15.1 Å². The number of hydrogen-bond acceptors (Lipinski definition) is 5. The molecule has 1 saturated heterocycles. The molecule has 0 saturated carbocycles. The fraction of sp³-hybridized carbons (Fsp3) is 0.526. The van der Waals surface area contributed by atoms with Crippen LogP contribution in [0.3, 0.4) is 0 Å². The molecule has 1 aliphatic heterocycles. The van der Waals surface area contributed by atoms with Crippen LogP contribution in [0.4, 0.5) is 9.93 Å².